The number of nitrogens with one attached hydrogen (secondary N) is 1. The first kappa shape index (κ1) is 14.3. The average molecular weight is 289 g/mol. The van der Waals surface area contributed by atoms with Gasteiger partial charge in [-0.3, -0.25) is 9.59 Å². The van der Waals surface area contributed by atoms with E-state index in [-0.39, 0.29) is 29.9 Å². The molecule has 108 valence electrons. The van der Waals surface area contributed by atoms with Gasteiger partial charge in [0.05, 0.1) is 11.7 Å². The third-order valence-electron chi connectivity index (χ3n) is 3.58. The highest BCUT2D eigenvalue weighted by atomic mass is 32.2. The van der Waals surface area contributed by atoms with E-state index in [1.165, 1.54) is 9.21 Å². The molecule has 7 nitrogen and oxygen atoms in total. The van der Waals surface area contributed by atoms with E-state index < -0.39 is 10.0 Å². The summed E-state index contributed by atoms with van der Waals surface area (Å²) in [7, 11) is -1.43. The van der Waals surface area contributed by atoms with E-state index in [0.717, 1.165) is 0 Å². The van der Waals surface area contributed by atoms with Crippen molar-refractivity contribution in [2.24, 2.45) is 5.92 Å². The second kappa shape index (κ2) is 5.46. The number of sulfonamides is 1. The van der Waals surface area contributed by atoms with E-state index in [2.05, 4.69) is 5.32 Å². The first-order valence-corrected chi connectivity index (χ1v) is 8.00. The Bertz CT molecular complexity index is 476. The molecule has 19 heavy (non-hydrogen) atoms. The van der Waals surface area contributed by atoms with Gasteiger partial charge in [0, 0.05) is 39.6 Å². The van der Waals surface area contributed by atoms with Crippen molar-refractivity contribution in [2.75, 3.05) is 39.0 Å². The summed E-state index contributed by atoms with van der Waals surface area (Å²) in [6.07, 6.45) is 0.891. The fraction of sp³-hybridized carbons (Fsp3) is 0.818. The van der Waals surface area contributed by atoms with Gasteiger partial charge in [0.2, 0.25) is 21.8 Å². The Balaban J connectivity index is 1.74. The second-order valence-electron chi connectivity index (χ2n) is 5.03. The Labute approximate surface area is 113 Å². The Morgan fingerprint density at radius 1 is 1.47 bits per heavy atom. The lowest BCUT2D eigenvalue weighted by Crippen LogP contribution is -2.38. The topological polar surface area (TPSA) is 86.8 Å². The smallest absolute Gasteiger partial charge is 0.225 e. The van der Waals surface area contributed by atoms with Gasteiger partial charge in [0.1, 0.15) is 0 Å². The van der Waals surface area contributed by atoms with Crippen LogP contribution in [0.15, 0.2) is 0 Å². The molecule has 0 aliphatic carbocycles. The van der Waals surface area contributed by atoms with Crippen LogP contribution in [0.5, 0.6) is 0 Å². The molecular formula is C11H19N3O4S. The highest BCUT2D eigenvalue weighted by Gasteiger charge is 2.32. The summed E-state index contributed by atoms with van der Waals surface area (Å²) in [5.74, 6) is -0.313. The number of amides is 2. The van der Waals surface area contributed by atoms with Crippen LogP contribution >= 0.6 is 0 Å². The van der Waals surface area contributed by atoms with Gasteiger partial charge in [-0.05, 0) is 6.42 Å². The van der Waals surface area contributed by atoms with E-state index in [0.29, 0.717) is 32.6 Å². The number of carbonyl (C=O) groups is 2. The molecule has 0 aromatic heterocycles. The van der Waals surface area contributed by atoms with Crippen molar-refractivity contribution in [1.29, 1.82) is 0 Å². The van der Waals surface area contributed by atoms with Crippen LogP contribution in [0.25, 0.3) is 0 Å². The van der Waals surface area contributed by atoms with Gasteiger partial charge in [-0.15, -0.1) is 0 Å². The quantitative estimate of drug-likeness (QED) is 0.691. The van der Waals surface area contributed by atoms with Crippen LogP contribution in [0, 0.1) is 5.92 Å². The average Bonchev–Trinajstić information content (AvgIpc) is 2.83. The predicted molar refractivity (Wildman–Crippen MR) is 68.7 cm³/mol. The van der Waals surface area contributed by atoms with Crippen molar-refractivity contribution < 1.29 is 18.0 Å². The number of hydrogen-bond acceptors (Lipinski definition) is 4. The standard InChI is InChI=1S/C11H19N3O4S/c1-13-8-9(7-10(13)15)11(16)12-3-5-14-4-2-6-19(14,17)18/h9H,2-8H2,1H3,(H,12,16). The molecule has 8 heteroatoms. The van der Waals surface area contributed by atoms with Crippen LogP contribution in [-0.4, -0.2) is 68.4 Å². The highest BCUT2D eigenvalue weighted by molar-refractivity contribution is 7.89. The number of carbonyl (C=O) groups excluding carboxylic acids is 2. The molecule has 0 spiro atoms. The van der Waals surface area contributed by atoms with E-state index >= 15 is 0 Å². The summed E-state index contributed by atoms with van der Waals surface area (Å²) in [6, 6.07) is 0. The SMILES string of the molecule is CN1CC(C(=O)NCCN2CCCS2(=O)=O)CC1=O. The Hall–Kier alpha value is -1.15. The van der Waals surface area contributed by atoms with Crippen molar-refractivity contribution in [1.82, 2.24) is 14.5 Å². The van der Waals surface area contributed by atoms with Crippen molar-refractivity contribution >= 4 is 21.8 Å². The summed E-state index contributed by atoms with van der Waals surface area (Å²) in [4.78, 5) is 24.7. The minimum atomic E-state index is -3.10. The maximum atomic E-state index is 11.8. The zero-order chi connectivity index (χ0) is 14.0. The van der Waals surface area contributed by atoms with Crippen LogP contribution < -0.4 is 5.32 Å². The van der Waals surface area contributed by atoms with Crippen molar-refractivity contribution in [3.8, 4) is 0 Å². The fourth-order valence-electron chi connectivity index (χ4n) is 2.43. The molecule has 2 aliphatic rings. The van der Waals surface area contributed by atoms with E-state index in [9.17, 15) is 18.0 Å². The summed E-state index contributed by atoms with van der Waals surface area (Å²) < 4.78 is 24.5. The second-order valence-corrected chi connectivity index (χ2v) is 7.12. The maximum Gasteiger partial charge on any atom is 0.225 e. The van der Waals surface area contributed by atoms with Gasteiger partial charge in [0.25, 0.3) is 0 Å². The Kier molecular flexibility index (Phi) is 4.10. The van der Waals surface area contributed by atoms with Crippen molar-refractivity contribution in [2.45, 2.75) is 12.8 Å². The first-order chi connectivity index (χ1) is 8.90. The summed E-state index contributed by atoms with van der Waals surface area (Å²) in [5.41, 5.74) is 0. The van der Waals surface area contributed by atoms with Crippen LogP contribution in [0.4, 0.5) is 0 Å². The molecule has 2 aliphatic heterocycles. The monoisotopic (exact) mass is 289 g/mol. The summed E-state index contributed by atoms with van der Waals surface area (Å²) in [5, 5.41) is 2.71. The van der Waals surface area contributed by atoms with Gasteiger partial charge in [-0.25, -0.2) is 12.7 Å². The van der Waals surface area contributed by atoms with Crippen LogP contribution in [0.3, 0.4) is 0 Å². The lowest BCUT2D eigenvalue weighted by molar-refractivity contribution is -0.128. The minimum Gasteiger partial charge on any atom is -0.354 e. The van der Waals surface area contributed by atoms with Gasteiger partial charge in [-0.1, -0.05) is 0 Å². The first-order valence-electron chi connectivity index (χ1n) is 6.39. The minimum absolute atomic E-state index is 0.0257. The fourth-order valence-corrected chi connectivity index (χ4v) is 3.96. The van der Waals surface area contributed by atoms with Crippen molar-refractivity contribution in [3.05, 3.63) is 0 Å². The molecule has 0 radical (unpaired) electrons. The third-order valence-corrected chi connectivity index (χ3v) is 5.53. The lowest BCUT2D eigenvalue weighted by Gasteiger charge is -2.15. The number of rotatable bonds is 4. The summed E-state index contributed by atoms with van der Waals surface area (Å²) in [6.45, 7) is 1.58. The number of likely N-dealkylation sites (tertiary alicyclic amines) is 1. The predicted octanol–water partition coefficient (Wildman–Crippen LogP) is -1.38. The van der Waals surface area contributed by atoms with E-state index in [1.807, 2.05) is 0 Å². The molecule has 2 saturated heterocycles. The van der Waals surface area contributed by atoms with Crippen LogP contribution in [0.1, 0.15) is 12.8 Å². The normalized spacial score (nSPS) is 26.9. The molecule has 1 atom stereocenters. The molecule has 0 saturated carbocycles. The molecule has 0 aromatic carbocycles. The highest BCUT2D eigenvalue weighted by Crippen LogP contribution is 2.16. The third kappa shape index (κ3) is 3.24. The maximum absolute atomic E-state index is 11.8. The largest absolute Gasteiger partial charge is 0.354 e. The van der Waals surface area contributed by atoms with Crippen molar-refractivity contribution in [3.63, 3.8) is 0 Å². The molecule has 1 N–H and O–H groups in total. The molecule has 0 bridgehead atoms. The Morgan fingerprint density at radius 3 is 2.74 bits per heavy atom. The molecule has 2 heterocycles. The van der Waals surface area contributed by atoms with Gasteiger partial charge in [-0.2, -0.15) is 0 Å². The molecule has 0 aromatic rings. The van der Waals surface area contributed by atoms with Crippen LogP contribution in [0.2, 0.25) is 0 Å². The molecule has 2 fully saturated rings. The lowest BCUT2D eigenvalue weighted by atomic mass is 10.1. The van der Waals surface area contributed by atoms with Gasteiger partial charge >= 0.3 is 0 Å². The number of nitrogens with zero attached hydrogens (tertiary/aromatic N) is 2. The van der Waals surface area contributed by atoms with E-state index in [1.54, 1.807) is 7.05 Å². The molecular weight excluding hydrogens is 270 g/mol. The summed E-state index contributed by atoms with van der Waals surface area (Å²) >= 11 is 0. The zero-order valence-electron chi connectivity index (χ0n) is 11.0. The van der Waals surface area contributed by atoms with Gasteiger partial charge < -0.3 is 10.2 Å². The molecule has 2 amide bonds. The number of hydrogen-bond donors (Lipinski definition) is 1. The molecule has 2 rings (SSSR count). The van der Waals surface area contributed by atoms with E-state index in [4.69, 9.17) is 0 Å². The van der Waals surface area contributed by atoms with Crippen LogP contribution in [-0.2, 0) is 19.6 Å². The Morgan fingerprint density at radius 2 is 2.21 bits per heavy atom. The van der Waals surface area contributed by atoms with Gasteiger partial charge in [0.15, 0.2) is 0 Å². The zero-order valence-corrected chi connectivity index (χ0v) is 11.8. The molecule has 1 unspecified atom stereocenters.